The zero-order valence-corrected chi connectivity index (χ0v) is 7.12. The third kappa shape index (κ3) is 4.32. The maximum absolute atomic E-state index is 5.46. The van der Waals surface area contributed by atoms with Gasteiger partial charge in [-0.1, -0.05) is 37.4 Å². The van der Waals surface area contributed by atoms with Crippen molar-refractivity contribution in [3.63, 3.8) is 0 Å². The molecule has 0 aromatic heterocycles. The molecule has 0 atom stereocenters. The van der Waals surface area contributed by atoms with Crippen molar-refractivity contribution in [1.82, 2.24) is 4.81 Å². The average molecular weight is 138 g/mol. The molecule has 3 radical (unpaired) electrons. The molecule has 0 fully saturated rings. The summed E-state index contributed by atoms with van der Waals surface area (Å²) in [5, 5.41) is 0. The minimum absolute atomic E-state index is 0. The summed E-state index contributed by atoms with van der Waals surface area (Å²) in [5.41, 5.74) is 1.24. The maximum atomic E-state index is 5.46. The van der Waals surface area contributed by atoms with E-state index in [-0.39, 0.29) is 18.9 Å². The standard InChI is InChI=1S/C8H10BN.Li/c1-10(9)7-8-5-3-2-4-6-8;/h2-6H,7H2,1H3;/q-1;+1. The fourth-order valence-electron chi connectivity index (χ4n) is 0.871. The number of benzene rings is 1. The Bertz CT molecular complexity index is 189. The van der Waals surface area contributed by atoms with Crippen molar-refractivity contribution in [1.29, 1.82) is 0 Å². The van der Waals surface area contributed by atoms with E-state index in [2.05, 4.69) is 12.1 Å². The van der Waals surface area contributed by atoms with Gasteiger partial charge in [-0.2, -0.15) is 0 Å². The van der Waals surface area contributed by atoms with Gasteiger partial charge < -0.3 is 12.8 Å². The predicted molar refractivity (Wildman–Crippen MR) is 43.7 cm³/mol. The molecule has 1 aromatic rings. The molecule has 1 nitrogen and oxygen atoms in total. The van der Waals surface area contributed by atoms with E-state index >= 15 is 0 Å². The number of rotatable bonds is 2. The first-order chi connectivity index (χ1) is 4.79. The van der Waals surface area contributed by atoms with Gasteiger partial charge in [0, 0.05) is 0 Å². The second-order valence-corrected chi connectivity index (χ2v) is 2.40. The van der Waals surface area contributed by atoms with Crippen molar-refractivity contribution in [3.05, 3.63) is 35.9 Å². The minimum Gasteiger partial charge on any atom is -0.579 e. The molecule has 1 rings (SSSR count). The molecular formula is C8H10BLiN. The average Bonchev–Trinajstić information content (AvgIpc) is 1.88. The number of hydrogen-bond acceptors (Lipinski definition) is 1. The van der Waals surface area contributed by atoms with Gasteiger partial charge in [0.05, 0.1) is 0 Å². The summed E-state index contributed by atoms with van der Waals surface area (Å²) in [4.78, 5) is 1.66. The smallest absolute Gasteiger partial charge is 0.579 e. The van der Waals surface area contributed by atoms with E-state index in [0.717, 1.165) is 6.54 Å². The second-order valence-electron chi connectivity index (χ2n) is 2.40. The van der Waals surface area contributed by atoms with Gasteiger partial charge in [0.2, 0.25) is 0 Å². The van der Waals surface area contributed by atoms with Gasteiger partial charge in [0.15, 0.2) is 0 Å². The third-order valence-corrected chi connectivity index (χ3v) is 1.27. The topological polar surface area (TPSA) is 3.24 Å². The number of hydrogen-bond donors (Lipinski definition) is 0. The van der Waals surface area contributed by atoms with Gasteiger partial charge in [-0.25, -0.2) is 0 Å². The second kappa shape index (κ2) is 5.49. The normalized spacial score (nSPS) is 9.36. The van der Waals surface area contributed by atoms with E-state index in [1.165, 1.54) is 5.56 Å². The Hall–Kier alpha value is -0.158. The largest absolute Gasteiger partial charge is 1.00 e. The molecular weight excluding hydrogens is 128 g/mol. The van der Waals surface area contributed by atoms with Crippen LogP contribution in [0.1, 0.15) is 5.56 Å². The molecule has 0 aliphatic heterocycles. The molecule has 0 N–H and O–H groups in total. The molecule has 0 heterocycles. The summed E-state index contributed by atoms with van der Waals surface area (Å²) in [5.74, 6) is 0. The SMILES string of the molecule is [B-]N(C)Cc1ccccc1.[Li+]. The fourth-order valence-corrected chi connectivity index (χ4v) is 0.871. The van der Waals surface area contributed by atoms with Crippen molar-refractivity contribution in [3.8, 4) is 0 Å². The summed E-state index contributed by atoms with van der Waals surface area (Å²) >= 11 is 0. The van der Waals surface area contributed by atoms with Crippen LogP contribution in [0.3, 0.4) is 0 Å². The Morgan fingerprint density at radius 2 is 1.82 bits per heavy atom. The molecule has 0 saturated heterocycles. The van der Waals surface area contributed by atoms with Crippen molar-refractivity contribution in [2.75, 3.05) is 7.05 Å². The number of nitrogens with zero attached hydrogens (tertiary/aromatic N) is 1. The molecule has 0 aliphatic carbocycles. The third-order valence-electron chi connectivity index (χ3n) is 1.27. The fraction of sp³-hybridized carbons (Fsp3) is 0.250. The Morgan fingerprint density at radius 1 is 1.27 bits per heavy atom. The molecule has 0 aliphatic rings. The monoisotopic (exact) mass is 138 g/mol. The zero-order valence-electron chi connectivity index (χ0n) is 7.12. The van der Waals surface area contributed by atoms with Crippen LogP contribution in [0.4, 0.5) is 0 Å². The molecule has 1 aromatic carbocycles. The van der Waals surface area contributed by atoms with Crippen LogP contribution in [-0.2, 0) is 6.54 Å². The van der Waals surface area contributed by atoms with E-state index < -0.39 is 0 Å². The molecule has 0 bridgehead atoms. The first-order valence-corrected chi connectivity index (χ1v) is 3.29. The van der Waals surface area contributed by atoms with Crippen LogP contribution in [0.15, 0.2) is 30.3 Å². The quantitative estimate of drug-likeness (QED) is 0.436. The maximum Gasteiger partial charge on any atom is 1.00 e. The van der Waals surface area contributed by atoms with E-state index in [9.17, 15) is 0 Å². The summed E-state index contributed by atoms with van der Waals surface area (Å²) in [6.45, 7) is 0.806. The van der Waals surface area contributed by atoms with Gasteiger partial charge in [-0.05, 0) is 12.1 Å². The van der Waals surface area contributed by atoms with Crippen molar-refractivity contribution in [2.24, 2.45) is 0 Å². The van der Waals surface area contributed by atoms with Crippen LogP contribution in [-0.4, -0.2) is 19.8 Å². The Labute approximate surface area is 81.4 Å². The summed E-state index contributed by atoms with van der Waals surface area (Å²) in [6, 6.07) is 10.1. The Balaban J connectivity index is 0.000001000. The van der Waals surface area contributed by atoms with Crippen LogP contribution in [0.5, 0.6) is 0 Å². The van der Waals surface area contributed by atoms with Gasteiger partial charge >= 0.3 is 18.9 Å². The van der Waals surface area contributed by atoms with E-state index in [4.69, 9.17) is 7.98 Å². The zero-order chi connectivity index (χ0) is 7.40. The molecule has 0 amide bonds. The van der Waals surface area contributed by atoms with Crippen molar-refractivity contribution >= 4 is 7.98 Å². The molecule has 51 valence electrons. The summed E-state index contributed by atoms with van der Waals surface area (Å²) in [6.07, 6.45) is 0. The van der Waals surface area contributed by atoms with Gasteiger partial charge in [-0.3, -0.25) is 0 Å². The van der Waals surface area contributed by atoms with E-state index in [1.807, 2.05) is 25.2 Å². The molecule has 0 saturated carbocycles. The van der Waals surface area contributed by atoms with Crippen LogP contribution in [0.2, 0.25) is 0 Å². The van der Waals surface area contributed by atoms with Gasteiger partial charge in [-0.15, -0.1) is 0 Å². The molecule has 3 heteroatoms. The van der Waals surface area contributed by atoms with Crippen molar-refractivity contribution in [2.45, 2.75) is 6.54 Å². The van der Waals surface area contributed by atoms with Crippen LogP contribution in [0.25, 0.3) is 0 Å². The summed E-state index contributed by atoms with van der Waals surface area (Å²) in [7, 11) is 7.31. The molecule has 0 unspecified atom stereocenters. The van der Waals surface area contributed by atoms with Crippen LogP contribution >= 0.6 is 0 Å². The van der Waals surface area contributed by atoms with E-state index in [1.54, 1.807) is 4.81 Å². The van der Waals surface area contributed by atoms with Gasteiger partial charge in [0.1, 0.15) is 0 Å². The van der Waals surface area contributed by atoms with Crippen molar-refractivity contribution < 1.29 is 18.9 Å². The van der Waals surface area contributed by atoms with Gasteiger partial charge in [0.25, 0.3) is 0 Å². The molecule has 11 heavy (non-hydrogen) atoms. The first kappa shape index (κ1) is 10.8. The minimum atomic E-state index is 0. The van der Waals surface area contributed by atoms with Crippen LogP contribution in [0, 0.1) is 0 Å². The van der Waals surface area contributed by atoms with E-state index in [0.29, 0.717) is 0 Å². The Morgan fingerprint density at radius 3 is 2.27 bits per heavy atom. The summed E-state index contributed by atoms with van der Waals surface area (Å²) < 4.78 is 0. The van der Waals surface area contributed by atoms with Crippen LogP contribution < -0.4 is 18.9 Å². The Kier molecular flexibility index (Phi) is 5.41. The predicted octanol–water partition coefficient (Wildman–Crippen LogP) is -1.79. The molecule has 0 spiro atoms. The first-order valence-electron chi connectivity index (χ1n) is 3.29.